The number of nitrogens with two attached hydrogens (primary N) is 1. The summed E-state index contributed by atoms with van der Waals surface area (Å²) in [6.07, 6.45) is 2.01. The van der Waals surface area contributed by atoms with E-state index in [0.717, 1.165) is 34.9 Å². The molecule has 0 aromatic heterocycles. The maximum atomic E-state index is 6.22. The summed E-state index contributed by atoms with van der Waals surface area (Å²) in [6, 6.07) is 5.80. The Kier molecular flexibility index (Phi) is 2.57. The van der Waals surface area contributed by atoms with Gasteiger partial charge in [-0.15, -0.1) is 0 Å². The van der Waals surface area contributed by atoms with Crippen molar-refractivity contribution < 1.29 is 4.74 Å². The van der Waals surface area contributed by atoms with Gasteiger partial charge in [-0.1, -0.05) is 11.6 Å². The number of rotatable bonds is 0. The number of thioether (sulfide) groups is 1. The van der Waals surface area contributed by atoms with Gasteiger partial charge in [0.15, 0.2) is 0 Å². The second-order valence-corrected chi connectivity index (χ2v) is 6.12. The van der Waals surface area contributed by atoms with E-state index in [-0.39, 0.29) is 11.6 Å². The molecule has 0 bridgehead atoms. The van der Waals surface area contributed by atoms with Crippen LogP contribution in [0.15, 0.2) is 18.2 Å². The van der Waals surface area contributed by atoms with Crippen molar-refractivity contribution in [3.05, 3.63) is 28.8 Å². The fourth-order valence-corrected chi connectivity index (χ4v) is 4.05. The first-order chi connectivity index (χ1) is 7.69. The van der Waals surface area contributed by atoms with E-state index < -0.39 is 0 Å². The van der Waals surface area contributed by atoms with Crippen LogP contribution in [0.2, 0.25) is 5.02 Å². The van der Waals surface area contributed by atoms with Crippen LogP contribution in [0, 0.1) is 0 Å². The average molecular weight is 256 g/mol. The highest BCUT2D eigenvalue weighted by atomic mass is 35.5. The molecule has 2 atom stereocenters. The summed E-state index contributed by atoms with van der Waals surface area (Å²) < 4.78 is 6.15. The van der Waals surface area contributed by atoms with E-state index in [1.54, 1.807) is 0 Å². The normalized spacial score (nSPS) is 32.5. The van der Waals surface area contributed by atoms with E-state index in [0.29, 0.717) is 0 Å². The number of benzene rings is 1. The quantitative estimate of drug-likeness (QED) is 0.774. The van der Waals surface area contributed by atoms with Crippen molar-refractivity contribution in [3.8, 4) is 5.75 Å². The molecule has 0 saturated carbocycles. The molecule has 0 aliphatic carbocycles. The monoisotopic (exact) mass is 255 g/mol. The van der Waals surface area contributed by atoms with Crippen LogP contribution in [0.4, 0.5) is 0 Å². The van der Waals surface area contributed by atoms with Crippen molar-refractivity contribution >= 4 is 23.4 Å². The maximum absolute atomic E-state index is 6.22. The average Bonchev–Trinajstić information content (AvgIpc) is 2.68. The standard InChI is InChI=1S/C12H14ClNOS/c13-8-1-2-11-9(5-8)10(14)6-12(15-11)3-4-16-7-12/h1-2,5,10H,3-4,6-7,14H2/t10-,12?/m0/s1. The van der Waals surface area contributed by atoms with Crippen molar-refractivity contribution in [2.45, 2.75) is 24.5 Å². The summed E-state index contributed by atoms with van der Waals surface area (Å²) >= 11 is 7.93. The van der Waals surface area contributed by atoms with E-state index in [1.165, 1.54) is 5.75 Å². The third kappa shape index (κ3) is 1.71. The Morgan fingerprint density at radius 2 is 2.38 bits per heavy atom. The number of fused-ring (bicyclic) bond motifs is 1. The predicted octanol–water partition coefficient (Wildman–Crippen LogP) is 3.00. The van der Waals surface area contributed by atoms with Crippen molar-refractivity contribution in [3.63, 3.8) is 0 Å². The Hall–Kier alpha value is -0.380. The van der Waals surface area contributed by atoms with Crippen molar-refractivity contribution in [2.24, 2.45) is 5.73 Å². The Morgan fingerprint density at radius 3 is 3.12 bits per heavy atom. The number of ether oxygens (including phenoxy) is 1. The van der Waals surface area contributed by atoms with Gasteiger partial charge < -0.3 is 10.5 Å². The fraction of sp³-hybridized carbons (Fsp3) is 0.500. The first-order valence-electron chi connectivity index (χ1n) is 5.50. The van der Waals surface area contributed by atoms with Crippen molar-refractivity contribution in [2.75, 3.05) is 11.5 Å². The minimum atomic E-state index is -0.0229. The Balaban J connectivity index is 1.99. The maximum Gasteiger partial charge on any atom is 0.125 e. The highest BCUT2D eigenvalue weighted by Crippen LogP contribution is 2.45. The van der Waals surface area contributed by atoms with Gasteiger partial charge in [0.2, 0.25) is 0 Å². The Morgan fingerprint density at radius 1 is 1.50 bits per heavy atom. The van der Waals surface area contributed by atoms with E-state index in [9.17, 15) is 0 Å². The molecular weight excluding hydrogens is 242 g/mol. The van der Waals surface area contributed by atoms with E-state index in [1.807, 2.05) is 30.0 Å². The van der Waals surface area contributed by atoms with Gasteiger partial charge in [0.1, 0.15) is 11.4 Å². The lowest BCUT2D eigenvalue weighted by atomic mass is 9.87. The molecular formula is C12H14ClNOS. The van der Waals surface area contributed by atoms with Gasteiger partial charge in [0.05, 0.1) is 0 Å². The van der Waals surface area contributed by atoms with Crippen LogP contribution >= 0.6 is 23.4 Å². The summed E-state index contributed by atoms with van der Waals surface area (Å²) in [5.74, 6) is 3.16. The molecule has 3 rings (SSSR count). The molecule has 86 valence electrons. The van der Waals surface area contributed by atoms with Crippen molar-refractivity contribution in [1.82, 2.24) is 0 Å². The van der Waals surface area contributed by atoms with Gasteiger partial charge in [-0.05, 0) is 30.4 Å². The molecule has 1 saturated heterocycles. The minimum Gasteiger partial charge on any atom is -0.486 e. The van der Waals surface area contributed by atoms with E-state index in [2.05, 4.69) is 0 Å². The Bertz CT molecular complexity index is 417. The predicted molar refractivity (Wildman–Crippen MR) is 68.3 cm³/mol. The van der Waals surface area contributed by atoms with Gasteiger partial charge in [0.25, 0.3) is 0 Å². The van der Waals surface area contributed by atoms with Gasteiger partial charge in [-0.25, -0.2) is 0 Å². The van der Waals surface area contributed by atoms with Crippen LogP contribution in [0.25, 0.3) is 0 Å². The number of halogens is 1. The second-order valence-electron chi connectivity index (χ2n) is 4.58. The third-order valence-electron chi connectivity index (χ3n) is 3.36. The molecule has 1 spiro atoms. The van der Waals surface area contributed by atoms with E-state index >= 15 is 0 Å². The molecule has 2 nitrogen and oxygen atoms in total. The molecule has 2 heterocycles. The summed E-state index contributed by atoms with van der Waals surface area (Å²) in [7, 11) is 0. The molecule has 1 unspecified atom stereocenters. The highest BCUT2D eigenvalue weighted by molar-refractivity contribution is 7.99. The third-order valence-corrected chi connectivity index (χ3v) is 4.81. The molecule has 2 aliphatic rings. The second kappa shape index (κ2) is 3.83. The van der Waals surface area contributed by atoms with Crippen LogP contribution in [0.5, 0.6) is 5.75 Å². The summed E-state index contributed by atoms with van der Waals surface area (Å²) in [5.41, 5.74) is 7.25. The van der Waals surface area contributed by atoms with Crippen LogP contribution in [0.1, 0.15) is 24.4 Å². The molecule has 2 N–H and O–H groups in total. The minimum absolute atomic E-state index is 0.0229. The molecule has 1 fully saturated rings. The number of hydrogen-bond donors (Lipinski definition) is 1. The molecule has 0 amide bonds. The lowest BCUT2D eigenvalue weighted by molar-refractivity contribution is 0.0616. The Labute approximate surface area is 104 Å². The first kappa shape index (κ1) is 10.8. The summed E-state index contributed by atoms with van der Waals surface area (Å²) in [5, 5.41) is 0.731. The molecule has 16 heavy (non-hydrogen) atoms. The van der Waals surface area contributed by atoms with Crippen molar-refractivity contribution in [1.29, 1.82) is 0 Å². The van der Waals surface area contributed by atoms with Crippen LogP contribution in [-0.2, 0) is 0 Å². The molecule has 2 aliphatic heterocycles. The number of hydrogen-bond acceptors (Lipinski definition) is 3. The van der Waals surface area contributed by atoms with Gasteiger partial charge in [-0.3, -0.25) is 0 Å². The SMILES string of the molecule is N[C@H]1CC2(CCSC2)Oc2ccc(Cl)cc21. The van der Waals surface area contributed by atoms with Crippen LogP contribution in [0.3, 0.4) is 0 Å². The zero-order chi connectivity index (χ0) is 11.2. The summed E-state index contributed by atoms with van der Waals surface area (Å²) in [4.78, 5) is 0. The van der Waals surface area contributed by atoms with E-state index in [4.69, 9.17) is 22.1 Å². The molecule has 4 heteroatoms. The smallest absolute Gasteiger partial charge is 0.125 e. The molecule has 1 aromatic rings. The zero-order valence-corrected chi connectivity index (χ0v) is 10.5. The van der Waals surface area contributed by atoms with Crippen LogP contribution < -0.4 is 10.5 Å². The molecule has 0 radical (unpaired) electrons. The van der Waals surface area contributed by atoms with Gasteiger partial charge in [-0.2, -0.15) is 11.8 Å². The summed E-state index contributed by atoms with van der Waals surface area (Å²) in [6.45, 7) is 0. The lowest BCUT2D eigenvalue weighted by Crippen LogP contribution is -2.42. The van der Waals surface area contributed by atoms with Gasteiger partial charge >= 0.3 is 0 Å². The largest absolute Gasteiger partial charge is 0.486 e. The molecule has 1 aromatic carbocycles. The van der Waals surface area contributed by atoms with Crippen LogP contribution in [-0.4, -0.2) is 17.1 Å². The zero-order valence-electron chi connectivity index (χ0n) is 8.91. The van der Waals surface area contributed by atoms with Gasteiger partial charge in [0, 0.05) is 28.8 Å². The lowest BCUT2D eigenvalue weighted by Gasteiger charge is -2.38. The highest BCUT2D eigenvalue weighted by Gasteiger charge is 2.42. The fourth-order valence-electron chi connectivity index (χ4n) is 2.52. The topological polar surface area (TPSA) is 35.2 Å². The first-order valence-corrected chi connectivity index (χ1v) is 7.04.